The van der Waals surface area contributed by atoms with Gasteiger partial charge in [0.05, 0.1) is 17.2 Å². The van der Waals surface area contributed by atoms with Crippen LogP contribution in [0.3, 0.4) is 0 Å². The number of aromatic nitrogens is 1. The van der Waals surface area contributed by atoms with Crippen molar-refractivity contribution < 1.29 is 0 Å². The third-order valence-electron chi connectivity index (χ3n) is 3.70. The lowest BCUT2D eigenvalue weighted by molar-refractivity contribution is 0.273. The smallest absolute Gasteiger partial charge is 0.193 e. The van der Waals surface area contributed by atoms with E-state index in [1.165, 1.54) is 17.7 Å². The molecule has 1 fully saturated rings. The molecule has 0 radical (unpaired) electrons. The van der Waals surface area contributed by atoms with Crippen molar-refractivity contribution in [3.63, 3.8) is 0 Å². The number of aryl methyl sites for hydroxylation is 2. The van der Waals surface area contributed by atoms with Crippen LogP contribution in [0.15, 0.2) is 4.99 Å². The second-order valence-electron chi connectivity index (χ2n) is 5.31. The standard InChI is InChI=1S/C14H24N4S.HI/c1-10-5-7-18(8-6-10)14(15-4)16-9-13-11(2)17-12(3)19-13;/h10H,5-9H2,1-4H3,(H,15,16);1H. The lowest BCUT2D eigenvalue weighted by Gasteiger charge is -2.32. The van der Waals surface area contributed by atoms with E-state index < -0.39 is 0 Å². The Hall–Kier alpha value is -0.370. The van der Waals surface area contributed by atoms with E-state index in [0.717, 1.165) is 42.2 Å². The molecule has 4 nitrogen and oxygen atoms in total. The number of nitrogens with one attached hydrogen (secondary N) is 1. The van der Waals surface area contributed by atoms with Gasteiger partial charge in [0.25, 0.3) is 0 Å². The molecule has 0 saturated carbocycles. The minimum absolute atomic E-state index is 0. The molecule has 0 unspecified atom stereocenters. The van der Waals surface area contributed by atoms with E-state index in [-0.39, 0.29) is 24.0 Å². The zero-order valence-corrected chi connectivity index (χ0v) is 15.9. The molecule has 0 aromatic carbocycles. The minimum atomic E-state index is 0. The molecule has 0 aliphatic carbocycles. The summed E-state index contributed by atoms with van der Waals surface area (Å²) in [5, 5.41) is 4.61. The second kappa shape index (κ2) is 8.17. The molecular weight excluding hydrogens is 383 g/mol. The molecule has 20 heavy (non-hydrogen) atoms. The van der Waals surface area contributed by atoms with Gasteiger partial charge in [-0.05, 0) is 32.6 Å². The summed E-state index contributed by atoms with van der Waals surface area (Å²) in [5.41, 5.74) is 1.14. The Balaban J connectivity index is 0.00000200. The number of likely N-dealkylation sites (tertiary alicyclic amines) is 1. The molecule has 2 heterocycles. The molecule has 1 aliphatic rings. The highest BCUT2D eigenvalue weighted by atomic mass is 127. The van der Waals surface area contributed by atoms with Gasteiger partial charge in [-0.1, -0.05) is 6.92 Å². The van der Waals surface area contributed by atoms with Crippen molar-refractivity contribution in [2.75, 3.05) is 20.1 Å². The summed E-state index contributed by atoms with van der Waals surface area (Å²) in [5.74, 6) is 1.87. The molecule has 1 saturated heterocycles. The summed E-state index contributed by atoms with van der Waals surface area (Å²) in [6.07, 6.45) is 2.53. The summed E-state index contributed by atoms with van der Waals surface area (Å²) in [6.45, 7) is 9.52. The van der Waals surface area contributed by atoms with Gasteiger partial charge in [-0.25, -0.2) is 4.98 Å². The maximum Gasteiger partial charge on any atom is 0.193 e. The van der Waals surface area contributed by atoms with Gasteiger partial charge >= 0.3 is 0 Å². The predicted molar refractivity (Wildman–Crippen MR) is 97.2 cm³/mol. The average Bonchev–Trinajstić information content (AvgIpc) is 2.71. The molecule has 1 aromatic heterocycles. The second-order valence-corrected chi connectivity index (χ2v) is 6.60. The highest BCUT2D eigenvalue weighted by Gasteiger charge is 2.18. The van der Waals surface area contributed by atoms with E-state index in [1.54, 1.807) is 11.3 Å². The highest BCUT2D eigenvalue weighted by Crippen LogP contribution is 2.18. The molecule has 1 aromatic rings. The van der Waals surface area contributed by atoms with E-state index in [2.05, 4.69) is 41.0 Å². The molecular formula is C14H25IN4S. The Morgan fingerprint density at radius 3 is 2.55 bits per heavy atom. The molecule has 114 valence electrons. The lowest BCUT2D eigenvalue weighted by atomic mass is 10.00. The first-order valence-electron chi connectivity index (χ1n) is 6.98. The first-order valence-corrected chi connectivity index (χ1v) is 7.80. The van der Waals surface area contributed by atoms with Gasteiger partial charge in [-0.2, -0.15) is 0 Å². The molecule has 0 spiro atoms. The largest absolute Gasteiger partial charge is 0.351 e. The number of aliphatic imine (C=N–C) groups is 1. The Morgan fingerprint density at radius 2 is 2.05 bits per heavy atom. The Labute approximate surface area is 143 Å². The maximum absolute atomic E-state index is 4.46. The van der Waals surface area contributed by atoms with E-state index in [0.29, 0.717) is 0 Å². The Morgan fingerprint density at radius 1 is 1.40 bits per heavy atom. The van der Waals surface area contributed by atoms with Crippen molar-refractivity contribution in [3.05, 3.63) is 15.6 Å². The number of halogens is 1. The predicted octanol–water partition coefficient (Wildman–Crippen LogP) is 3.19. The Bertz CT molecular complexity index is 450. The van der Waals surface area contributed by atoms with Crippen molar-refractivity contribution in [2.45, 2.75) is 40.2 Å². The average molecular weight is 408 g/mol. The van der Waals surface area contributed by atoms with Crippen LogP contribution in [0.1, 0.15) is 35.3 Å². The summed E-state index contributed by atoms with van der Waals surface area (Å²) >= 11 is 1.77. The molecule has 1 aliphatic heterocycles. The molecule has 0 bridgehead atoms. The van der Waals surface area contributed by atoms with Crippen molar-refractivity contribution in [3.8, 4) is 0 Å². The van der Waals surface area contributed by atoms with Crippen LogP contribution in [0.4, 0.5) is 0 Å². The first kappa shape index (κ1) is 17.7. The van der Waals surface area contributed by atoms with Gasteiger partial charge in [0, 0.05) is 25.0 Å². The number of guanidine groups is 1. The summed E-state index contributed by atoms with van der Waals surface area (Å²) in [4.78, 5) is 12.5. The normalized spacial score (nSPS) is 17.0. The van der Waals surface area contributed by atoms with E-state index >= 15 is 0 Å². The fraction of sp³-hybridized carbons (Fsp3) is 0.714. The maximum atomic E-state index is 4.46. The SMILES string of the molecule is CN=C(NCc1sc(C)nc1C)N1CCC(C)CC1.I. The van der Waals surface area contributed by atoms with Crippen molar-refractivity contribution in [1.29, 1.82) is 0 Å². The number of thiazole rings is 1. The fourth-order valence-electron chi connectivity index (χ4n) is 2.45. The number of nitrogens with zero attached hydrogens (tertiary/aromatic N) is 3. The molecule has 6 heteroatoms. The third-order valence-corrected chi connectivity index (χ3v) is 4.77. The van der Waals surface area contributed by atoms with Gasteiger partial charge in [0.1, 0.15) is 0 Å². The molecule has 1 N–H and O–H groups in total. The third kappa shape index (κ3) is 4.58. The Kier molecular flexibility index (Phi) is 7.22. The van der Waals surface area contributed by atoms with Gasteiger partial charge in [0.15, 0.2) is 5.96 Å². The van der Waals surface area contributed by atoms with Crippen molar-refractivity contribution >= 4 is 41.3 Å². The van der Waals surface area contributed by atoms with Gasteiger partial charge in [0.2, 0.25) is 0 Å². The van der Waals surface area contributed by atoms with Crippen LogP contribution < -0.4 is 5.32 Å². The monoisotopic (exact) mass is 408 g/mol. The topological polar surface area (TPSA) is 40.5 Å². The first-order chi connectivity index (χ1) is 9.10. The van der Waals surface area contributed by atoms with Crippen LogP contribution in [-0.4, -0.2) is 36.0 Å². The van der Waals surface area contributed by atoms with E-state index in [4.69, 9.17) is 0 Å². The van der Waals surface area contributed by atoms with Gasteiger partial charge in [-0.15, -0.1) is 35.3 Å². The van der Waals surface area contributed by atoms with Gasteiger partial charge in [-0.3, -0.25) is 4.99 Å². The summed E-state index contributed by atoms with van der Waals surface area (Å²) in [7, 11) is 1.87. The number of rotatable bonds is 2. The number of hydrogen-bond acceptors (Lipinski definition) is 3. The van der Waals surface area contributed by atoms with Crippen molar-refractivity contribution in [2.24, 2.45) is 10.9 Å². The van der Waals surface area contributed by atoms with Crippen LogP contribution in [0, 0.1) is 19.8 Å². The van der Waals surface area contributed by atoms with Crippen LogP contribution in [0.25, 0.3) is 0 Å². The van der Waals surface area contributed by atoms with E-state index in [9.17, 15) is 0 Å². The number of hydrogen-bond donors (Lipinski definition) is 1. The fourth-order valence-corrected chi connectivity index (χ4v) is 3.33. The van der Waals surface area contributed by atoms with Crippen LogP contribution in [0.2, 0.25) is 0 Å². The summed E-state index contributed by atoms with van der Waals surface area (Å²) in [6, 6.07) is 0. The molecule has 0 amide bonds. The zero-order chi connectivity index (χ0) is 13.8. The van der Waals surface area contributed by atoms with Crippen LogP contribution in [-0.2, 0) is 6.54 Å². The van der Waals surface area contributed by atoms with Gasteiger partial charge < -0.3 is 10.2 Å². The zero-order valence-electron chi connectivity index (χ0n) is 12.8. The quantitative estimate of drug-likeness (QED) is 0.464. The van der Waals surface area contributed by atoms with Crippen LogP contribution >= 0.6 is 35.3 Å². The minimum Gasteiger partial charge on any atom is -0.351 e. The highest BCUT2D eigenvalue weighted by molar-refractivity contribution is 14.0. The lowest BCUT2D eigenvalue weighted by Crippen LogP contribution is -2.45. The van der Waals surface area contributed by atoms with E-state index in [1.807, 2.05) is 7.05 Å². The summed E-state index contributed by atoms with van der Waals surface area (Å²) < 4.78 is 0. The van der Waals surface area contributed by atoms with Crippen LogP contribution in [0.5, 0.6) is 0 Å². The van der Waals surface area contributed by atoms with Crippen molar-refractivity contribution in [1.82, 2.24) is 15.2 Å². The number of piperidine rings is 1. The molecule has 2 rings (SSSR count). The molecule has 0 atom stereocenters.